The van der Waals surface area contributed by atoms with Crippen molar-refractivity contribution in [1.82, 2.24) is 15.5 Å². The lowest BCUT2D eigenvalue weighted by molar-refractivity contribution is 0.00755. The molecule has 1 aromatic heterocycles. The summed E-state index contributed by atoms with van der Waals surface area (Å²) < 4.78 is 16.3. The lowest BCUT2D eigenvalue weighted by Crippen LogP contribution is -2.33. The Morgan fingerprint density at radius 3 is 2.90 bits per heavy atom. The van der Waals surface area contributed by atoms with E-state index in [1.54, 1.807) is 0 Å². The van der Waals surface area contributed by atoms with E-state index in [4.69, 9.17) is 14.0 Å². The highest BCUT2D eigenvalue weighted by Crippen LogP contribution is 2.17. The molecule has 6 nitrogen and oxygen atoms in total. The summed E-state index contributed by atoms with van der Waals surface area (Å²) in [6, 6.07) is 9.54. The zero-order chi connectivity index (χ0) is 12.9. The molecule has 1 aromatic carbocycles. The fourth-order valence-corrected chi connectivity index (χ4v) is 1.85. The van der Waals surface area contributed by atoms with Crippen molar-refractivity contribution in [3.05, 3.63) is 42.0 Å². The predicted molar refractivity (Wildman–Crippen MR) is 73.9 cm³/mol. The Morgan fingerprint density at radius 1 is 1.30 bits per heavy atom. The summed E-state index contributed by atoms with van der Waals surface area (Å²) >= 11 is 0. The fourth-order valence-electron chi connectivity index (χ4n) is 1.85. The van der Waals surface area contributed by atoms with Crippen molar-refractivity contribution >= 4 is 12.4 Å². The molecule has 0 amide bonds. The first kappa shape index (κ1) is 14.8. The molecule has 1 saturated heterocycles. The standard InChI is InChI=1S/C13H15N3O3.ClH/c1-2-4-10(5-3-1)18-9-12-15-13(19-16-12)11-8-14-6-7-17-11;/h1-5,11,14H,6-9H2;1H. The first-order chi connectivity index (χ1) is 9.42. The number of halogens is 1. The first-order valence-corrected chi connectivity index (χ1v) is 6.24. The van der Waals surface area contributed by atoms with Gasteiger partial charge in [0.2, 0.25) is 5.82 Å². The molecule has 1 N–H and O–H groups in total. The lowest BCUT2D eigenvalue weighted by atomic mass is 10.3. The Morgan fingerprint density at radius 2 is 2.15 bits per heavy atom. The van der Waals surface area contributed by atoms with Crippen molar-refractivity contribution in [2.75, 3.05) is 19.7 Å². The summed E-state index contributed by atoms with van der Waals surface area (Å²) in [6.45, 7) is 2.49. The molecule has 0 radical (unpaired) electrons. The molecule has 2 aromatic rings. The predicted octanol–water partition coefficient (Wildman–Crippen LogP) is 1.73. The van der Waals surface area contributed by atoms with Gasteiger partial charge in [-0.15, -0.1) is 12.4 Å². The van der Waals surface area contributed by atoms with Gasteiger partial charge in [0.05, 0.1) is 6.61 Å². The van der Waals surface area contributed by atoms with Gasteiger partial charge in [-0.3, -0.25) is 0 Å². The zero-order valence-electron chi connectivity index (χ0n) is 10.8. The smallest absolute Gasteiger partial charge is 0.257 e. The topological polar surface area (TPSA) is 69.4 Å². The van der Waals surface area contributed by atoms with Crippen LogP contribution in [0.25, 0.3) is 0 Å². The van der Waals surface area contributed by atoms with Crippen LogP contribution in [0.5, 0.6) is 5.75 Å². The van der Waals surface area contributed by atoms with Gasteiger partial charge in [0.15, 0.2) is 6.61 Å². The summed E-state index contributed by atoms with van der Waals surface area (Å²) in [7, 11) is 0. The van der Waals surface area contributed by atoms with Crippen molar-refractivity contribution < 1.29 is 14.0 Å². The molecule has 1 atom stereocenters. The first-order valence-electron chi connectivity index (χ1n) is 6.24. The van der Waals surface area contributed by atoms with E-state index >= 15 is 0 Å². The van der Waals surface area contributed by atoms with Gasteiger partial charge in [0.1, 0.15) is 11.9 Å². The molecule has 20 heavy (non-hydrogen) atoms. The summed E-state index contributed by atoms with van der Waals surface area (Å²) in [4.78, 5) is 4.28. The van der Waals surface area contributed by atoms with Crippen molar-refractivity contribution in [3.8, 4) is 5.75 Å². The minimum atomic E-state index is -0.160. The molecule has 1 fully saturated rings. The van der Waals surface area contributed by atoms with Crippen LogP contribution < -0.4 is 10.1 Å². The molecule has 108 valence electrons. The monoisotopic (exact) mass is 297 g/mol. The van der Waals surface area contributed by atoms with Gasteiger partial charge in [-0.1, -0.05) is 23.4 Å². The number of nitrogens with one attached hydrogen (secondary N) is 1. The molecular weight excluding hydrogens is 282 g/mol. The molecule has 0 bridgehead atoms. The molecule has 0 spiro atoms. The average molecular weight is 298 g/mol. The van der Waals surface area contributed by atoms with E-state index in [1.165, 1.54) is 0 Å². The highest BCUT2D eigenvalue weighted by Gasteiger charge is 2.22. The second-order valence-corrected chi connectivity index (χ2v) is 4.21. The summed E-state index contributed by atoms with van der Waals surface area (Å²) in [6.07, 6.45) is -0.160. The van der Waals surface area contributed by atoms with E-state index < -0.39 is 0 Å². The van der Waals surface area contributed by atoms with Crippen molar-refractivity contribution in [2.24, 2.45) is 0 Å². The Balaban J connectivity index is 0.00000147. The maximum atomic E-state index is 5.55. The number of aromatic nitrogens is 2. The van der Waals surface area contributed by atoms with Crippen LogP contribution in [0.1, 0.15) is 17.8 Å². The lowest BCUT2D eigenvalue weighted by Gasteiger charge is -2.19. The summed E-state index contributed by atoms with van der Waals surface area (Å²) in [5.41, 5.74) is 0. The van der Waals surface area contributed by atoms with Crippen LogP contribution in [0.3, 0.4) is 0 Å². The molecule has 7 heteroatoms. The van der Waals surface area contributed by atoms with E-state index in [9.17, 15) is 0 Å². The van der Waals surface area contributed by atoms with Gasteiger partial charge >= 0.3 is 0 Å². The van der Waals surface area contributed by atoms with Crippen LogP contribution in [0, 0.1) is 0 Å². The summed E-state index contributed by atoms with van der Waals surface area (Å²) in [5.74, 6) is 1.80. The average Bonchev–Trinajstić information content (AvgIpc) is 2.96. The Labute approximate surface area is 122 Å². The van der Waals surface area contributed by atoms with Gasteiger partial charge in [0.25, 0.3) is 5.89 Å². The van der Waals surface area contributed by atoms with Crippen molar-refractivity contribution in [3.63, 3.8) is 0 Å². The molecule has 1 aliphatic heterocycles. The third-order valence-corrected chi connectivity index (χ3v) is 2.80. The van der Waals surface area contributed by atoms with Gasteiger partial charge in [-0.2, -0.15) is 4.98 Å². The second-order valence-electron chi connectivity index (χ2n) is 4.21. The van der Waals surface area contributed by atoms with Gasteiger partial charge in [-0.05, 0) is 12.1 Å². The molecule has 1 aliphatic rings. The van der Waals surface area contributed by atoms with Crippen LogP contribution in [-0.4, -0.2) is 29.8 Å². The summed E-state index contributed by atoms with van der Waals surface area (Å²) in [5, 5.41) is 7.10. The molecular formula is C13H16ClN3O3. The van der Waals surface area contributed by atoms with Crippen LogP contribution in [0.2, 0.25) is 0 Å². The zero-order valence-corrected chi connectivity index (χ0v) is 11.6. The van der Waals surface area contributed by atoms with Crippen molar-refractivity contribution in [1.29, 1.82) is 0 Å². The molecule has 2 heterocycles. The Hall–Kier alpha value is -1.63. The second kappa shape index (κ2) is 7.23. The Kier molecular flexibility index (Phi) is 5.34. The molecule has 0 saturated carbocycles. The number of nitrogens with zero attached hydrogens (tertiary/aromatic N) is 2. The third-order valence-electron chi connectivity index (χ3n) is 2.80. The van der Waals surface area contributed by atoms with E-state index in [0.717, 1.165) is 12.3 Å². The third kappa shape index (κ3) is 3.69. The maximum Gasteiger partial charge on any atom is 0.257 e. The fraction of sp³-hybridized carbons (Fsp3) is 0.385. The minimum absolute atomic E-state index is 0. The van der Waals surface area contributed by atoms with Crippen LogP contribution in [0.4, 0.5) is 0 Å². The number of ether oxygens (including phenoxy) is 2. The largest absolute Gasteiger partial charge is 0.485 e. The molecule has 0 aliphatic carbocycles. The number of rotatable bonds is 4. The van der Waals surface area contributed by atoms with Gasteiger partial charge in [-0.25, -0.2) is 0 Å². The number of morpholine rings is 1. The van der Waals surface area contributed by atoms with Crippen LogP contribution >= 0.6 is 12.4 Å². The minimum Gasteiger partial charge on any atom is -0.485 e. The van der Waals surface area contributed by atoms with E-state index in [0.29, 0.717) is 24.9 Å². The van der Waals surface area contributed by atoms with Crippen LogP contribution in [0.15, 0.2) is 34.9 Å². The molecule has 1 unspecified atom stereocenters. The quantitative estimate of drug-likeness (QED) is 0.927. The van der Waals surface area contributed by atoms with Gasteiger partial charge < -0.3 is 19.3 Å². The number of benzene rings is 1. The Bertz CT molecular complexity index is 515. The normalized spacial score (nSPS) is 18.3. The van der Waals surface area contributed by atoms with E-state index in [1.807, 2.05) is 30.3 Å². The van der Waals surface area contributed by atoms with E-state index in [2.05, 4.69) is 15.5 Å². The van der Waals surface area contributed by atoms with Crippen molar-refractivity contribution in [2.45, 2.75) is 12.7 Å². The SMILES string of the molecule is Cl.c1ccc(OCc2noc(C3CNCCO3)n2)cc1. The van der Waals surface area contributed by atoms with E-state index in [-0.39, 0.29) is 25.1 Å². The van der Waals surface area contributed by atoms with Gasteiger partial charge in [0, 0.05) is 13.1 Å². The highest BCUT2D eigenvalue weighted by molar-refractivity contribution is 5.85. The number of hydrogen-bond acceptors (Lipinski definition) is 6. The highest BCUT2D eigenvalue weighted by atomic mass is 35.5. The number of hydrogen-bond donors (Lipinski definition) is 1. The number of para-hydroxylation sites is 1. The molecule has 3 rings (SSSR count). The maximum absolute atomic E-state index is 5.55. The van der Waals surface area contributed by atoms with Crippen LogP contribution in [-0.2, 0) is 11.3 Å².